The maximum atomic E-state index is 10.7. The largest absolute Gasteiger partial charge is 0.497 e. The molecule has 0 aliphatic heterocycles. The maximum absolute atomic E-state index is 10.7. The highest BCUT2D eigenvalue weighted by Crippen LogP contribution is 2.30. The predicted octanol–water partition coefficient (Wildman–Crippen LogP) is 1.25. The molecule has 0 saturated heterocycles. The van der Waals surface area contributed by atoms with Crippen LogP contribution in [0.3, 0.4) is 0 Å². The van der Waals surface area contributed by atoms with Gasteiger partial charge in [0.1, 0.15) is 5.75 Å². The third-order valence-corrected chi connectivity index (χ3v) is 3.38. The number of hydrogen-bond donors (Lipinski definition) is 2. The van der Waals surface area contributed by atoms with Gasteiger partial charge in [-0.05, 0) is 48.4 Å². The molecule has 4 nitrogen and oxygen atoms in total. The van der Waals surface area contributed by atoms with E-state index in [1.807, 2.05) is 18.2 Å². The summed E-state index contributed by atoms with van der Waals surface area (Å²) in [4.78, 5) is 10.7. The number of aliphatic hydroxyl groups is 1. The van der Waals surface area contributed by atoms with E-state index in [2.05, 4.69) is 0 Å². The zero-order chi connectivity index (χ0) is 12.4. The van der Waals surface area contributed by atoms with E-state index in [0.717, 1.165) is 17.7 Å². The Morgan fingerprint density at radius 3 is 2.88 bits per heavy atom. The van der Waals surface area contributed by atoms with Gasteiger partial charge in [-0.3, -0.25) is 0 Å². The lowest BCUT2D eigenvalue weighted by Crippen LogP contribution is -2.33. The monoisotopic (exact) mass is 236 g/mol. The molecular formula is C13H16O4. The fraction of sp³-hybridized carbons (Fsp3) is 0.462. The quantitative estimate of drug-likeness (QED) is 0.828. The van der Waals surface area contributed by atoms with Crippen LogP contribution in [0.5, 0.6) is 5.75 Å². The van der Waals surface area contributed by atoms with Crippen molar-refractivity contribution < 1.29 is 19.7 Å². The number of benzene rings is 1. The summed E-state index contributed by atoms with van der Waals surface area (Å²) >= 11 is 0. The van der Waals surface area contributed by atoms with Crippen LogP contribution in [-0.4, -0.2) is 29.4 Å². The van der Waals surface area contributed by atoms with Crippen LogP contribution in [0.25, 0.3) is 0 Å². The van der Waals surface area contributed by atoms with E-state index in [9.17, 15) is 9.90 Å². The number of aryl methyl sites for hydroxylation is 1. The number of hydrogen-bond acceptors (Lipinski definition) is 3. The molecule has 0 aromatic heterocycles. The molecule has 0 amide bonds. The molecule has 2 atom stereocenters. The molecular weight excluding hydrogens is 220 g/mol. The number of aliphatic carboxylic acids is 1. The van der Waals surface area contributed by atoms with E-state index < -0.39 is 12.1 Å². The van der Waals surface area contributed by atoms with Gasteiger partial charge in [-0.25, -0.2) is 4.79 Å². The van der Waals surface area contributed by atoms with E-state index in [1.165, 1.54) is 5.56 Å². The molecule has 2 unspecified atom stereocenters. The zero-order valence-electron chi connectivity index (χ0n) is 9.72. The van der Waals surface area contributed by atoms with E-state index in [1.54, 1.807) is 7.11 Å². The Morgan fingerprint density at radius 1 is 1.47 bits per heavy atom. The molecule has 4 heteroatoms. The van der Waals surface area contributed by atoms with Crippen LogP contribution in [-0.2, 0) is 17.6 Å². The summed E-state index contributed by atoms with van der Waals surface area (Å²) in [5.74, 6) is -0.499. The average molecular weight is 236 g/mol. The molecule has 0 spiro atoms. The Hall–Kier alpha value is -1.55. The second kappa shape index (κ2) is 4.75. The smallest absolute Gasteiger partial charge is 0.332 e. The van der Waals surface area contributed by atoms with Crippen molar-refractivity contribution >= 4 is 5.97 Å². The molecule has 1 aromatic carbocycles. The van der Waals surface area contributed by atoms with Crippen molar-refractivity contribution in [2.75, 3.05) is 7.11 Å². The lowest BCUT2D eigenvalue weighted by atomic mass is 9.81. The summed E-state index contributed by atoms with van der Waals surface area (Å²) in [5.41, 5.74) is 2.31. The minimum absolute atomic E-state index is 0.187. The summed E-state index contributed by atoms with van der Waals surface area (Å²) in [5, 5.41) is 18.3. The van der Waals surface area contributed by atoms with E-state index in [-0.39, 0.29) is 5.92 Å². The van der Waals surface area contributed by atoms with Crippen molar-refractivity contribution in [1.29, 1.82) is 0 Å². The van der Waals surface area contributed by atoms with Crippen LogP contribution >= 0.6 is 0 Å². The van der Waals surface area contributed by atoms with Crippen LogP contribution in [0.1, 0.15) is 17.5 Å². The molecule has 1 aliphatic rings. The topological polar surface area (TPSA) is 66.8 Å². The Labute approximate surface area is 99.8 Å². The van der Waals surface area contributed by atoms with Gasteiger partial charge in [-0.2, -0.15) is 0 Å². The van der Waals surface area contributed by atoms with Crippen molar-refractivity contribution in [1.82, 2.24) is 0 Å². The molecule has 1 aromatic rings. The minimum Gasteiger partial charge on any atom is -0.497 e. The van der Waals surface area contributed by atoms with Crippen molar-refractivity contribution in [3.8, 4) is 5.75 Å². The highest BCUT2D eigenvalue weighted by molar-refractivity contribution is 5.72. The highest BCUT2D eigenvalue weighted by Gasteiger charge is 2.29. The van der Waals surface area contributed by atoms with Crippen LogP contribution in [0, 0.1) is 5.92 Å². The third-order valence-electron chi connectivity index (χ3n) is 3.38. The predicted molar refractivity (Wildman–Crippen MR) is 62.2 cm³/mol. The number of fused-ring (bicyclic) bond motifs is 1. The van der Waals surface area contributed by atoms with Gasteiger partial charge in [-0.15, -0.1) is 0 Å². The second-order valence-electron chi connectivity index (χ2n) is 4.42. The summed E-state index contributed by atoms with van der Waals surface area (Å²) in [6.45, 7) is 0. The van der Waals surface area contributed by atoms with Crippen LogP contribution in [0.15, 0.2) is 18.2 Å². The van der Waals surface area contributed by atoms with Gasteiger partial charge in [0.15, 0.2) is 6.10 Å². The van der Waals surface area contributed by atoms with Crippen LogP contribution in [0.4, 0.5) is 0 Å². The Kier molecular flexibility index (Phi) is 3.33. The van der Waals surface area contributed by atoms with Gasteiger partial charge in [0.05, 0.1) is 7.11 Å². The average Bonchev–Trinajstić information content (AvgIpc) is 2.36. The van der Waals surface area contributed by atoms with Gasteiger partial charge < -0.3 is 14.9 Å². The Balaban J connectivity index is 2.17. The number of carboxylic acids is 1. The first-order valence-corrected chi connectivity index (χ1v) is 5.68. The molecule has 0 fully saturated rings. The van der Waals surface area contributed by atoms with E-state index >= 15 is 0 Å². The van der Waals surface area contributed by atoms with Gasteiger partial charge >= 0.3 is 5.97 Å². The molecule has 0 heterocycles. The van der Waals surface area contributed by atoms with Crippen molar-refractivity contribution in [3.05, 3.63) is 29.3 Å². The van der Waals surface area contributed by atoms with E-state index in [4.69, 9.17) is 9.84 Å². The van der Waals surface area contributed by atoms with Crippen molar-refractivity contribution in [2.45, 2.75) is 25.4 Å². The number of carbonyl (C=O) groups is 1. The fourth-order valence-corrected chi connectivity index (χ4v) is 2.36. The van der Waals surface area contributed by atoms with Gasteiger partial charge in [0, 0.05) is 0 Å². The lowest BCUT2D eigenvalue weighted by Gasteiger charge is -2.26. The first-order valence-electron chi connectivity index (χ1n) is 5.68. The Bertz CT molecular complexity index is 427. The first-order chi connectivity index (χ1) is 8.11. The number of aliphatic hydroxyl groups excluding tert-OH is 1. The summed E-state index contributed by atoms with van der Waals surface area (Å²) in [6.07, 6.45) is 0.854. The maximum Gasteiger partial charge on any atom is 0.332 e. The van der Waals surface area contributed by atoms with Crippen molar-refractivity contribution in [2.24, 2.45) is 5.92 Å². The number of carboxylic acid groups (broad SMARTS) is 1. The normalized spacial score (nSPS) is 20.5. The standard InChI is InChI=1S/C13H16O4/c1-17-11-5-4-8-6-10(12(14)13(15)16)3-2-9(8)7-11/h4-5,7,10,12,14H,2-3,6H2,1H3,(H,15,16). The molecule has 2 rings (SSSR count). The molecule has 0 bridgehead atoms. The molecule has 0 radical (unpaired) electrons. The number of methoxy groups -OCH3 is 1. The molecule has 0 saturated carbocycles. The molecule has 1 aliphatic carbocycles. The second-order valence-corrected chi connectivity index (χ2v) is 4.42. The number of rotatable bonds is 3. The minimum atomic E-state index is -1.26. The number of ether oxygens (including phenoxy) is 1. The summed E-state index contributed by atoms with van der Waals surface area (Å²) in [7, 11) is 1.63. The first kappa shape index (κ1) is 11.9. The zero-order valence-corrected chi connectivity index (χ0v) is 9.72. The van der Waals surface area contributed by atoms with Gasteiger partial charge in [0.25, 0.3) is 0 Å². The highest BCUT2D eigenvalue weighted by atomic mass is 16.5. The molecule has 2 N–H and O–H groups in total. The Morgan fingerprint density at radius 2 is 2.24 bits per heavy atom. The SMILES string of the molecule is COc1ccc2c(c1)CCC(C(O)C(=O)O)C2. The third kappa shape index (κ3) is 2.42. The van der Waals surface area contributed by atoms with Gasteiger partial charge in [-0.1, -0.05) is 6.07 Å². The molecule has 92 valence electrons. The van der Waals surface area contributed by atoms with Crippen LogP contribution < -0.4 is 4.74 Å². The van der Waals surface area contributed by atoms with E-state index in [0.29, 0.717) is 12.8 Å². The fourth-order valence-electron chi connectivity index (χ4n) is 2.36. The lowest BCUT2D eigenvalue weighted by molar-refractivity contribution is -0.149. The van der Waals surface area contributed by atoms with Gasteiger partial charge in [0.2, 0.25) is 0 Å². The summed E-state index contributed by atoms with van der Waals surface area (Å²) < 4.78 is 5.15. The van der Waals surface area contributed by atoms with Crippen molar-refractivity contribution in [3.63, 3.8) is 0 Å². The van der Waals surface area contributed by atoms with Crippen LogP contribution in [0.2, 0.25) is 0 Å². The molecule has 17 heavy (non-hydrogen) atoms. The summed E-state index contributed by atoms with van der Waals surface area (Å²) in [6, 6.07) is 5.81.